The number of unbranched alkanes of at least 4 members (excludes halogenated alkanes) is 2. The highest BCUT2D eigenvalue weighted by atomic mass is 32.1. The number of carbonyl (C=O) groups is 1. The van der Waals surface area contributed by atoms with E-state index in [1.165, 1.54) is 34.4 Å². The topological polar surface area (TPSA) is 104 Å². The Balaban J connectivity index is 1.86. The number of benzene rings is 1. The van der Waals surface area contributed by atoms with E-state index in [0.29, 0.717) is 28.0 Å². The molecule has 0 N–H and O–H groups in total. The van der Waals surface area contributed by atoms with Gasteiger partial charge < -0.3 is 4.74 Å². The van der Waals surface area contributed by atoms with Crippen molar-refractivity contribution in [1.29, 1.82) is 0 Å². The summed E-state index contributed by atoms with van der Waals surface area (Å²) in [5.74, 6) is -0.480. The van der Waals surface area contributed by atoms with E-state index in [2.05, 4.69) is 11.9 Å². The van der Waals surface area contributed by atoms with Gasteiger partial charge in [-0.15, -0.1) is 11.3 Å². The lowest BCUT2D eigenvalue weighted by Gasteiger charge is -2.07. The van der Waals surface area contributed by atoms with Gasteiger partial charge in [-0.1, -0.05) is 19.8 Å². The number of hydrogen-bond donors (Lipinski definition) is 0. The van der Waals surface area contributed by atoms with Gasteiger partial charge in [0.1, 0.15) is 11.4 Å². The molecule has 9 heteroatoms. The highest BCUT2D eigenvalue weighted by molar-refractivity contribution is 7.17. The first-order valence-corrected chi connectivity index (χ1v) is 9.76. The number of thiophene rings is 1. The van der Waals surface area contributed by atoms with Crippen LogP contribution in [0.2, 0.25) is 0 Å². The molecule has 0 spiro atoms. The summed E-state index contributed by atoms with van der Waals surface area (Å²) in [5.41, 5.74) is 0.948. The maximum absolute atomic E-state index is 12.9. The fraction of sp³-hybridized carbons (Fsp3) is 0.316. The number of nitrogens with zero attached hydrogens (tertiary/aromatic N) is 3. The van der Waals surface area contributed by atoms with E-state index in [1.807, 2.05) is 0 Å². The third kappa shape index (κ3) is 4.25. The summed E-state index contributed by atoms with van der Waals surface area (Å²) in [4.78, 5) is 40.0. The van der Waals surface area contributed by atoms with E-state index in [4.69, 9.17) is 4.74 Å². The molecule has 3 aromatic rings. The van der Waals surface area contributed by atoms with Crippen LogP contribution in [0.1, 0.15) is 26.2 Å². The molecule has 1 aromatic carbocycles. The Morgan fingerprint density at radius 3 is 2.71 bits per heavy atom. The summed E-state index contributed by atoms with van der Waals surface area (Å²) in [6, 6.07) is 5.97. The molecule has 0 aliphatic rings. The largest absolute Gasteiger partial charge is 0.464 e. The Morgan fingerprint density at radius 1 is 1.29 bits per heavy atom. The molecule has 146 valence electrons. The molecular formula is C19H19N3O5S. The highest BCUT2D eigenvalue weighted by Crippen LogP contribution is 2.31. The Hall–Kier alpha value is -3.07. The van der Waals surface area contributed by atoms with Crippen molar-refractivity contribution in [3.05, 3.63) is 56.4 Å². The molecule has 2 aromatic heterocycles. The van der Waals surface area contributed by atoms with Crippen LogP contribution >= 0.6 is 11.3 Å². The van der Waals surface area contributed by atoms with Gasteiger partial charge in [-0.25, -0.2) is 4.98 Å². The van der Waals surface area contributed by atoms with Crippen LogP contribution in [0.4, 0.5) is 5.69 Å². The van der Waals surface area contributed by atoms with Crippen LogP contribution in [0.25, 0.3) is 21.3 Å². The average molecular weight is 401 g/mol. The molecule has 2 heterocycles. The van der Waals surface area contributed by atoms with Crippen LogP contribution in [-0.4, -0.2) is 27.1 Å². The van der Waals surface area contributed by atoms with Crippen LogP contribution in [0.5, 0.6) is 0 Å². The van der Waals surface area contributed by atoms with Gasteiger partial charge in [0, 0.05) is 23.1 Å². The third-order valence-electron chi connectivity index (χ3n) is 4.26. The zero-order valence-electron chi connectivity index (χ0n) is 15.3. The number of esters is 1. The van der Waals surface area contributed by atoms with Crippen LogP contribution in [-0.2, 0) is 16.1 Å². The second-order valence-corrected chi connectivity index (χ2v) is 7.10. The number of carbonyl (C=O) groups excluding carboxylic acids is 1. The highest BCUT2D eigenvalue weighted by Gasteiger charge is 2.16. The average Bonchev–Trinajstić information content (AvgIpc) is 3.12. The van der Waals surface area contributed by atoms with Gasteiger partial charge in [0.15, 0.2) is 0 Å². The molecule has 3 rings (SSSR count). The number of nitro groups is 1. The van der Waals surface area contributed by atoms with Crippen molar-refractivity contribution in [1.82, 2.24) is 9.55 Å². The van der Waals surface area contributed by atoms with Crippen molar-refractivity contribution in [2.75, 3.05) is 6.61 Å². The molecule has 0 amide bonds. The van der Waals surface area contributed by atoms with Gasteiger partial charge in [-0.2, -0.15) is 0 Å². The lowest BCUT2D eigenvalue weighted by atomic mass is 10.1. The molecule has 0 fully saturated rings. The summed E-state index contributed by atoms with van der Waals surface area (Å²) < 4.78 is 6.39. The summed E-state index contributed by atoms with van der Waals surface area (Å²) in [6.45, 7) is 2.19. The van der Waals surface area contributed by atoms with Crippen LogP contribution < -0.4 is 5.56 Å². The van der Waals surface area contributed by atoms with Gasteiger partial charge in [0.25, 0.3) is 11.2 Å². The molecular weight excluding hydrogens is 382 g/mol. The van der Waals surface area contributed by atoms with Crippen molar-refractivity contribution >= 4 is 33.2 Å². The fourth-order valence-electron chi connectivity index (χ4n) is 2.78. The Bertz CT molecular complexity index is 1060. The Kier molecular flexibility index (Phi) is 6.15. The lowest BCUT2D eigenvalue weighted by Crippen LogP contribution is -2.25. The molecule has 0 aliphatic carbocycles. The zero-order chi connectivity index (χ0) is 20.1. The molecule has 0 bridgehead atoms. The quantitative estimate of drug-likeness (QED) is 0.246. The number of fused-ring (bicyclic) bond motifs is 1. The van der Waals surface area contributed by atoms with E-state index in [1.54, 1.807) is 17.5 Å². The Labute approximate surface area is 164 Å². The monoisotopic (exact) mass is 401 g/mol. The van der Waals surface area contributed by atoms with Gasteiger partial charge in [-0.05, 0) is 24.1 Å². The normalized spacial score (nSPS) is 10.9. The standard InChI is InChI=1S/C19H19N3O5S/c1-2-3-4-9-27-16(23)10-21-12-20-18-17(19(21)24)15(11-28-18)13-5-7-14(8-6-13)22(25)26/h5-8,11-12H,2-4,9-10H2,1H3. The SMILES string of the molecule is CCCCCOC(=O)Cn1cnc2scc(-c3ccc([N+](=O)[O-])cc3)c2c1=O. The van der Waals surface area contributed by atoms with Crippen molar-refractivity contribution < 1.29 is 14.5 Å². The molecule has 0 saturated heterocycles. The van der Waals surface area contributed by atoms with Crippen molar-refractivity contribution in [3.8, 4) is 11.1 Å². The summed E-state index contributed by atoms with van der Waals surface area (Å²) in [5, 5.41) is 13.0. The van der Waals surface area contributed by atoms with Gasteiger partial charge in [-0.3, -0.25) is 24.3 Å². The molecule has 0 radical (unpaired) electrons. The van der Waals surface area contributed by atoms with E-state index in [9.17, 15) is 19.7 Å². The van der Waals surface area contributed by atoms with Crippen molar-refractivity contribution in [3.63, 3.8) is 0 Å². The Morgan fingerprint density at radius 2 is 2.04 bits per heavy atom. The number of ether oxygens (including phenoxy) is 1. The maximum atomic E-state index is 12.9. The predicted octanol–water partition coefficient (Wildman–Crippen LogP) is 3.77. The summed E-state index contributed by atoms with van der Waals surface area (Å²) >= 11 is 1.31. The minimum Gasteiger partial charge on any atom is -0.464 e. The number of hydrogen-bond acceptors (Lipinski definition) is 7. The van der Waals surface area contributed by atoms with Crippen molar-refractivity contribution in [2.45, 2.75) is 32.7 Å². The smallest absolute Gasteiger partial charge is 0.326 e. The first-order chi connectivity index (χ1) is 13.5. The molecule has 28 heavy (non-hydrogen) atoms. The molecule has 0 atom stereocenters. The maximum Gasteiger partial charge on any atom is 0.326 e. The second kappa shape index (κ2) is 8.75. The lowest BCUT2D eigenvalue weighted by molar-refractivity contribution is -0.384. The zero-order valence-corrected chi connectivity index (χ0v) is 16.1. The number of rotatable bonds is 8. The van der Waals surface area contributed by atoms with Crippen LogP contribution in [0, 0.1) is 10.1 Å². The molecule has 0 aliphatic heterocycles. The molecule has 8 nitrogen and oxygen atoms in total. The number of aromatic nitrogens is 2. The van der Waals surface area contributed by atoms with Gasteiger partial charge in [0.05, 0.1) is 23.2 Å². The summed E-state index contributed by atoms with van der Waals surface area (Å²) in [7, 11) is 0. The predicted molar refractivity (Wildman–Crippen MR) is 106 cm³/mol. The number of non-ortho nitro benzene ring substituents is 1. The van der Waals surface area contributed by atoms with E-state index in [0.717, 1.165) is 19.3 Å². The van der Waals surface area contributed by atoms with E-state index in [-0.39, 0.29) is 17.8 Å². The van der Waals surface area contributed by atoms with Gasteiger partial charge in [0.2, 0.25) is 0 Å². The van der Waals surface area contributed by atoms with Gasteiger partial charge >= 0.3 is 5.97 Å². The van der Waals surface area contributed by atoms with Crippen molar-refractivity contribution in [2.24, 2.45) is 0 Å². The van der Waals surface area contributed by atoms with Crippen LogP contribution in [0.3, 0.4) is 0 Å². The van der Waals surface area contributed by atoms with E-state index < -0.39 is 10.9 Å². The first kappa shape index (κ1) is 19.7. The number of nitro benzene ring substituents is 1. The summed E-state index contributed by atoms with van der Waals surface area (Å²) in [6.07, 6.45) is 4.15. The van der Waals surface area contributed by atoms with E-state index >= 15 is 0 Å². The third-order valence-corrected chi connectivity index (χ3v) is 5.15. The molecule has 0 unspecified atom stereocenters. The first-order valence-electron chi connectivity index (χ1n) is 8.88. The fourth-order valence-corrected chi connectivity index (χ4v) is 3.68. The molecule has 0 saturated carbocycles. The van der Waals surface area contributed by atoms with Crippen LogP contribution in [0.15, 0.2) is 40.8 Å². The minimum absolute atomic E-state index is 0.0235. The minimum atomic E-state index is -0.480. The second-order valence-electron chi connectivity index (χ2n) is 6.24.